The van der Waals surface area contributed by atoms with E-state index in [9.17, 15) is 25.2 Å². The maximum Gasteiger partial charge on any atom is 0.335 e. The molecular weight excluding hydrogens is 428 g/mol. The molecule has 0 aliphatic rings. The average Bonchev–Trinajstić information content (AvgIpc) is 2.87. The third-order valence-corrected chi connectivity index (χ3v) is 4.92. The Balaban J connectivity index is 2.29. The number of imidazole rings is 1. The Morgan fingerprint density at radius 1 is 1.09 bits per heavy atom. The van der Waals surface area contributed by atoms with E-state index in [1.165, 1.54) is 0 Å². The van der Waals surface area contributed by atoms with Crippen LogP contribution >= 0.6 is 31.9 Å². The molecule has 0 amide bonds. The van der Waals surface area contributed by atoms with Crippen molar-refractivity contribution in [3.8, 4) is 0 Å². The van der Waals surface area contributed by atoms with Crippen molar-refractivity contribution in [1.82, 2.24) is 9.97 Å². The van der Waals surface area contributed by atoms with Crippen molar-refractivity contribution in [3.63, 3.8) is 0 Å². The average molecular weight is 440 g/mol. The van der Waals surface area contributed by atoms with Gasteiger partial charge in [-0.05, 0) is 44.0 Å². The first kappa shape index (κ1) is 17.3. The zero-order valence-corrected chi connectivity index (χ0v) is 14.0. The molecule has 0 aliphatic heterocycles. The molecule has 1 heterocycles. The van der Waals surface area contributed by atoms with Crippen molar-refractivity contribution >= 4 is 48.9 Å². The molecule has 0 saturated carbocycles. The number of aliphatic hydroxyl groups excluding tert-OH is 4. The number of hydrogen-bond donors (Lipinski definition) is 6. The molecular formula is C12H12Br2N2O6. The summed E-state index contributed by atoms with van der Waals surface area (Å²) in [6.45, 7) is 0. The minimum atomic E-state index is -2.22. The minimum Gasteiger partial charge on any atom is -0.479 e. The second kappa shape index (κ2) is 6.60. The highest BCUT2D eigenvalue weighted by atomic mass is 79.9. The molecule has 8 nitrogen and oxygen atoms in total. The summed E-state index contributed by atoms with van der Waals surface area (Å²) in [4.78, 5) is 17.4. The third kappa shape index (κ3) is 3.31. The lowest BCUT2D eigenvalue weighted by atomic mass is 10.0. The Morgan fingerprint density at radius 3 is 2.27 bits per heavy atom. The zero-order chi connectivity index (χ0) is 16.6. The number of halogens is 2. The largest absolute Gasteiger partial charge is 0.479 e. The first-order valence-electron chi connectivity index (χ1n) is 6.02. The summed E-state index contributed by atoms with van der Waals surface area (Å²) in [5.74, 6) is -1.78. The third-order valence-electron chi connectivity index (χ3n) is 3.07. The van der Waals surface area contributed by atoms with Gasteiger partial charge in [-0.1, -0.05) is 0 Å². The molecule has 22 heavy (non-hydrogen) atoms. The summed E-state index contributed by atoms with van der Waals surface area (Å²) in [5.41, 5.74) is 1.05. The predicted octanol–water partition coefficient (Wildman–Crippen LogP) is 0.289. The van der Waals surface area contributed by atoms with Crippen molar-refractivity contribution in [2.45, 2.75) is 24.4 Å². The van der Waals surface area contributed by atoms with Crippen LogP contribution in [0.15, 0.2) is 21.1 Å². The highest BCUT2D eigenvalue weighted by Crippen LogP contribution is 2.29. The Morgan fingerprint density at radius 2 is 1.68 bits per heavy atom. The quantitative estimate of drug-likeness (QED) is 0.392. The van der Waals surface area contributed by atoms with Crippen molar-refractivity contribution in [2.24, 2.45) is 0 Å². The molecule has 6 N–H and O–H groups in total. The fourth-order valence-corrected chi connectivity index (χ4v) is 2.52. The Bertz CT molecular complexity index is 667. The van der Waals surface area contributed by atoms with Crippen LogP contribution in [0.2, 0.25) is 0 Å². The van der Waals surface area contributed by atoms with Gasteiger partial charge in [0.1, 0.15) is 24.1 Å². The lowest BCUT2D eigenvalue weighted by Crippen LogP contribution is -2.45. The molecule has 4 atom stereocenters. The molecule has 2 rings (SSSR count). The molecule has 0 fully saturated rings. The van der Waals surface area contributed by atoms with Gasteiger partial charge in [0.15, 0.2) is 6.10 Å². The number of aliphatic hydroxyl groups is 4. The van der Waals surface area contributed by atoms with E-state index in [0.717, 1.165) is 8.95 Å². The summed E-state index contributed by atoms with van der Waals surface area (Å²) in [6.07, 6.45) is -7.93. The van der Waals surface area contributed by atoms with Crippen LogP contribution in [0, 0.1) is 0 Å². The van der Waals surface area contributed by atoms with E-state index < -0.39 is 30.4 Å². The van der Waals surface area contributed by atoms with Crippen molar-refractivity contribution < 1.29 is 30.3 Å². The van der Waals surface area contributed by atoms with E-state index in [1.807, 2.05) is 0 Å². The molecule has 0 spiro atoms. The summed E-state index contributed by atoms with van der Waals surface area (Å²) in [7, 11) is 0. The number of aromatic amines is 1. The molecule has 2 unspecified atom stereocenters. The predicted molar refractivity (Wildman–Crippen MR) is 82.1 cm³/mol. The maximum absolute atomic E-state index is 10.6. The van der Waals surface area contributed by atoms with E-state index in [-0.39, 0.29) is 5.82 Å². The van der Waals surface area contributed by atoms with Crippen molar-refractivity contribution in [2.75, 3.05) is 0 Å². The van der Waals surface area contributed by atoms with Gasteiger partial charge in [0.2, 0.25) is 0 Å². The molecule has 1 aromatic carbocycles. The van der Waals surface area contributed by atoms with Gasteiger partial charge in [-0.15, -0.1) is 0 Å². The number of carboxylic acid groups (broad SMARTS) is 1. The monoisotopic (exact) mass is 438 g/mol. The fourth-order valence-electron chi connectivity index (χ4n) is 1.85. The van der Waals surface area contributed by atoms with Gasteiger partial charge in [-0.3, -0.25) is 0 Å². The van der Waals surface area contributed by atoms with Crippen LogP contribution in [0.25, 0.3) is 11.0 Å². The van der Waals surface area contributed by atoms with Crippen LogP contribution in [0.4, 0.5) is 0 Å². The Kier molecular flexibility index (Phi) is 5.20. The standard InChI is InChI=1S/C12H12Br2N2O6/c13-3-1-5-6(2-4(3)14)16-11(15-5)9(19)7(17)8(18)10(20)12(21)22/h1-2,7-10,17-20H,(H,15,16)(H,21,22)/t7-,8+,9?,10?/m0/s1. The summed E-state index contributed by atoms with van der Waals surface area (Å²) >= 11 is 6.60. The zero-order valence-electron chi connectivity index (χ0n) is 10.8. The number of hydrogen-bond acceptors (Lipinski definition) is 6. The Hall–Kier alpha value is -1.04. The molecule has 0 aliphatic carbocycles. The van der Waals surface area contributed by atoms with Crippen LogP contribution in [0.3, 0.4) is 0 Å². The highest BCUT2D eigenvalue weighted by molar-refractivity contribution is 9.13. The Labute approximate surface area is 140 Å². The molecule has 2 aromatic rings. The molecule has 120 valence electrons. The summed E-state index contributed by atoms with van der Waals surface area (Å²) in [5, 5.41) is 47.1. The summed E-state index contributed by atoms with van der Waals surface area (Å²) < 4.78 is 1.47. The molecule has 10 heteroatoms. The van der Waals surface area contributed by atoms with Gasteiger partial charge in [0.25, 0.3) is 0 Å². The fraction of sp³-hybridized carbons (Fsp3) is 0.333. The smallest absolute Gasteiger partial charge is 0.335 e. The van der Waals surface area contributed by atoms with E-state index >= 15 is 0 Å². The van der Waals surface area contributed by atoms with Crippen LogP contribution in [0.1, 0.15) is 11.9 Å². The molecule has 1 aromatic heterocycles. The topological polar surface area (TPSA) is 147 Å². The first-order chi connectivity index (χ1) is 10.2. The lowest BCUT2D eigenvalue weighted by Gasteiger charge is -2.23. The SMILES string of the molecule is O=C(O)C(O)[C@H](O)[C@H](O)C(O)c1nc2cc(Br)c(Br)cc2[nH]1. The highest BCUT2D eigenvalue weighted by Gasteiger charge is 2.36. The normalized spacial score (nSPS) is 17.2. The van der Waals surface area contributed by atoms with Gasteiger partial charge < -0.3 is 30.5 Å². The second-order valence-corrected chi connectivity index (χ2v) is 6.32. The number of carboxylic acids is 1. The minimum absolute atomic E-state index is 0.0656. The lowest BCUT2D eigenvalue weighted by molar-refractivity contribution is -0.163. The van der Waals surface area contributed by atoms with Gasteiger partial charge in [-0.25, -0.2) is 9.78 Å². The van der Waals surface area contributed by atoms with Crippen LogP contribution < -0.4 is 0 Å². The number of fused-ring (bicyclic) bond motifs is 1. The summed E-state index contributed by atoms with van der Waals surface area (Å²) in [6, 6.07) is 3.36. The number of aromatic nitrogens is 2. The second-order valence-electron chi connectivity index (χ2n) is 4.61. The van der Waals surface area contributed by atoms with E-state index in [0.29, 0.717) is 11.0 Å². The van der Waals surface area contributed by atoms with E-state index in [4.69, 9.17) is 5.11 Å². The van der Waals surface area contributed by atoms with Gasteiger partial charge in [0, 0.05) is 8.95 Å². The molecule has 0 bridgehead atoms. The van der Waals surface area contributed by atoms with Crippen molar-refractivity contribution in [1.29, 1.82) is 0 Å². The number of aliphatic carboxylic acids is 1. The number of H-pyrrole nitrogens is 1. The number of carbonyl (C=O) groups is 1. The maximum atomic E-state index is 10.6. The first-order valence-corrected chi connectivity index (χ1v) is 7.60. The van der Waals surface area contributed by atoms with Gasteiger partial charge in [0.05, 0.1) is 11.0 Å². The number of nitrogens with zero attached hydrogens (tertiary/aromatic N) is 1. The number of benzene rings is 1. The van der Waals surface area contributed by atoms with Crippen LogP contribution in [0.5, 0.6) is 0 Å². The van der Waals surface area contributed by atoms with Crippen molar-refractivity contribution in [3.05, 3.63) is 26.9 Å². The molecule has 0 radical (unpaired) electrons. The molecule has 0 saturated heterocycles. The van der Waals surface area contributed by atoms with E-state index in [2.05, 4.69) is 41.8 Å². The van der Waals surface area contributed by atoms with E-state index in [1.54, 1.807) is 12.1 Å². The van der Waals surface area contributed by atoms with Crippen LogP contribution in [-0.2, 0) is 4.79 Å². The van der Waals surface area contributed by atoms with Gasteiger partial charge >= 0.3 is 5.97 Å². The van der Waals surface area contributed by atoms with Crippen LogP contribution in [-0.4, -0.2) is 59.8 Å². The van der Waals surface area contributed by atoms with Gasteiger partial charge in [-0.2, -0.15) is 0 Å². The number of rotatable bonds is 5. The number of nitrogens with one attached hydrogen (secondary N) is 1.